The number of aryl methyl sites for hydroxylation is 5. The first-order valence-electron chi connectivity index (χ1n) is 13.9. The van der Waals surface area contributed by atoms with Gasteiger partial charge in [0.15, 0.2) is 17.4 Å². The fraction of sp³-hybridized carbons (Fsp3) is 0.364. The van der Waals surface area contributed by atoms with Crippen LogP contribution in [0.25, 0.3) is 10.8 Å². The highest BCUT2D eigenvalue weighted by Gasteiger charge is 2.17. The van der Waals surface area contributed by atoms with E-state index in [0.717, 1.165) is 48.0 Å². The van der Waals surface area contributed by atoms with Crippen molar-refractivity contribution in [1.29, 1.82) is 0 Å². The molecule has 0 bridgehead atoms. The molecule has 40 heavy (non-hydrogen) atoms. The van der Waals surface area contributed by atoms with Gasteiger partial charge in [0.25, 0.3) is 0 Å². The maximum atomic E-state index is 15.2. The number of fused-ring (bicyclic) bond motifs is 1. The molecule has 0 N–H and O–H groups in total. The van der Waals surface area contributed by atoms with Gasteiger partial charge < -0.3 is 4.74 Å². The Kier molecular flexibility index (Phi) is 10.5. The van der Waals surface area contributed by atoms with Crippen molar-refractivity contribution in [2.45, 2.75) is 77.7 Å². The van der Waals surface area contributed by atoms with E-state index in [4.69, 9.17) is 0 Å². The number of unbranched alkanes of at least 4 members (excludes halogenated alkanes) is 4. The molecule has 0 fully saturated rings. The summed E-state index contributed by atoms with van der Waals surface area (Å²) in [7, 11) is 0. The van der Waals surface area contributed by atoms with Gasteiger partial charge >= 0.3 is 6.61 Å². The van der Waals surface area contributed by atoms with E-state index in [2.05, 4.69) is 28.8 Å². The van der Waals surface area contributed by atoms with Crippen molar-refractivity contribution in [3.05, 3.63) is 106 Å². The standard InChI is InChI=1S/C33H34F5NO/c1-2-3-4-5-6-7-23-10-16-27(39-21-23)15-9-22-11-17-28-26(18-22)14-13-25(31(28)36)12-8-24-19-29(34)32(30(35)20-24)40-33(37)38/h10-11,13-14,16-21,33H,2-9,12,15H2,1H3. The third-order valence-electron chi connectivity index (χ3n) is 7.17. The Bertz CT molecular complexity index is 1380. The number of aromatic nitrogens is 1. The normalized spacial score (nSPS) is 11.5. The number of ether oxygens (including phenoxy) is 1. The molecule has 0 aliphatic carbocycles. The van der Waals surface area contributed by atoms with Gasteiger partial charge in [-0.2, -0.15) is 8.78 Å². The van der Waals surface area contributed by atoms with Crippen LogP contribution in [0, 0.1) is 17.5 Å². The van der Waals surface area contributed by atoms with E-state index in [0.29, 0.717) is 10.9 Å². The highest BCUT2D eigenvalue weighted by molar-refractivity contribution is 5.84. The Morgan fingerprint density at radius 2 is 1.43 bits per heavy atom. The molecule has 0 spiro atoms. The smallest absolute Gasteiger partial charge is 0.387 e. The minimum absolute atomic E-state index is 0.133. The van der Waals surface area contributed by atoms with Gasteiger partial charge in [-0.3, -0.25) is 4.98 Å². The minimum atomic E-state index is -3.33. The zero-order chi connectivity index (χ0) is 28.5. The van der Waals surface area contributed by atoms with Gasteiger partial charge in [-0.25, -0.2) is 13.2 Å². The van der Waals surface area contributed by atoms with E-state index in [9.17, 15) is 17.6 Å². The largest absolute Gasteiger partial charge is 0.429 e. The quantitative estimate of drug-likeness (QED) is 0.114. The summed E-state index contributed by atoms with van der Waals surface area (Å²) in [6, 6.07) is 15.3. The van der Waals surface area contributed by atoms with Gasteiger partial charge in [0.1, 0.15) is 5.82 Å². The lowest BCUT2D eigenvalue weighted by Crippen LogP contribution is -2.06. The van der Waals surface area contributed by atoms with Gasteiger partial charge in [0.05, 0.1) is 0 Å². The summed E-state index contributed by atoms with van der Waals surface area (Å²) in [4.78, 5) is 4.62. The van der Waals surface area contributed by atoms with Crippen LogP contribution in [-0.4, -0.2) is 11.6 Å². The number of pyridine rings is 1. The summed E-state index contributed by atoms with van der Waals surface area (Å²) in [6.07, 6.45) is 11.2. The number of halogens is 5. The monoisotopic (exact) mass is 555 g/mol. The maximum Gasteiger partial charge on any atom is 0.387 e. The topological polar surface area (TPSA) is 22.1 Å². The fourth-order valence-corrected chi connectivity index (χ4v) is 4.93. The Morgan fingerprint density at radius 1 is 0.700 bits per heavy atom. The van der Waals surface area contributed by atoms with Crippen LogP contribution in [0.5, 0.6) is 5.75 Å². The molecule has 0 saturated carbocycles. The molecular weight excluding hydrogens is 521 g/mol. The minimum Gasteiger partial charge on any atom is -0.429 e. The molecule has 0 atom stereocenters. The molecule has 0 aliphatic rings. The van der Waals surface area contributed by atoms with Gasteiger partial charge in [-0.05, 0) is 84.4 Å². The molecular formula is C33H34F5NO. The average Bonchev–Trinajstić information content (AvgIpc) is 2.94. The van der Waals surface area contributed by atoms with Crippen molar-refractivity contribution >= 4 is 10.8 Å². The number of hydrogen-bond acceptors (Lipinski definition) is 2. The van der Waals surface area contributed by atoms with Gasteiger partial charge in [0.2, 0.25) is 0 Å². The molecule has 0 aliphatic heterocycles. The van der Waals surface area contributed by atoms with Crippen LogP contribution in [-0.2, 0) is 32.1 Å². The van der Waals surface area contributed by atoms with Gasteiger partial charge in [-0.15, -0.1) is 0 Å². The summed E-state index contributed by atoms with van der Waals surface area (Å²) in [5, 5.41) is 1.25. The molecule has 1 aromatic heterocycles. The van der Waals surface area contributed by atoms with E-state index in [1.54, 1.807) is 12.1 Å². The van der Waals surface area contributed by atoms with Crippen LogP contribution in [0.3, 0.4) is 0 Å². The SMILES string of the molecule is CCCCCCCc1ccc(CCc2ccc3c(F)c(CCc4cc(F)c(OC(F)F)c(F)c4)ccc3c2)nc1. The summed E-state index contributed by atoms with van der Waals surface area (Å²) >= 11 is 0. The fourth-order valence-electron chi connectivity index (χ4n) is 4.93. The van der Waals surface area contributed by atoms with Crippen molar-refractivity contribution in [2.24, 2.45) is 0 Å². The number of hydrogen-bond donors (Lipinski definition) is 0. The van der Waals surface area contributed by atoms with Crippen molar-refractivity contribution in [1.82, 2.24) is 4.98 Å². The third-order valence-corrected chi connectivity index (χ3v) is 7.17. The molecule has 1 heterocycles. The Balaban J connectivity index is 1.34. The van der Waals surface area contributed by atoms with Crippen molar-refractivity contribution in [3.8, 4) is 5.75 Å². The second-order valence-corrected chi connectivity index (χ2v) is 10.2. The zero-order valence-corrected chi connectivity index (χ0v) is 22.7. The van der Waals surface area contributed by atoms with E-state index in [1.165, 1.54) is 37.7 Å². The van der Waals surface area contributed by atoms with Crippen LogP contribution in [0.2, 0.25) is 0 Å². The van der Waals surface area contributed by atoms with E-state index in [1.807, 2.05) is 24.4 Å². The summed E-state index contributed by atoms with van der Waals surface area (Å²) < 4.78 is 71.9. The lowest BCUT2D eigenvalue weighted by molar-refractivity contribution is -0.0546. The molecule has 0 radical (unpaired) electrons. The zero-order valence-electron chi connectivity index (χ0n) is 22.7. The molecule has 4 aromatic rings. The molecule has 0 unspecified atom stereocenters. The van der Waals surface area contributed by atoms with Crippen molar-refractivity contribution < 1.29 is 26.7 Å². The van der Waals surface area contributed by atoms with Crippen LogP contribution >= 0.6 is 0 Å². The predicted molar refractivity (Wildman–Crippen MR) is 148 cm³/mol. The second kappa shape index (κ2) is 14.2. The van der Waals surface area contributed by atoms with E-state index in [-0.39, 0.29) is 24.2 Å². The molecule has 0 saturated heterocycles. The highest BCUT2D eigenvalue weighted by atomic mass is 19.3. The third kappa shape index (κ3) is 8.03. The van der Waals surface area contributed by atoms with E-state index < -0.39 is 24.0 Å². The molecule has 2 nitrogen and oxygen atoms in total. The molecule has 7 heteroatoms. The second-order valence-electron chi connectivity index (χ2n) is 10.2. The van der Waals surface area contributed by atoms with Crippen LogP contribution in [0.15, 0.2) is 60.8 Å². The Morgan fingerprint density at radius 3 is 2.12 bits per heavy atom. The predicted octanol–water partition coefficient (Wildman–Crippen LogP) is 9.34. The lowest BCUT2D eigenvalue weighted by atomic mass is 9.97. The van der Waals surface area contributed by atoms with Crippen LogP contribution in [0.4, 0.5) is 22.0 Å². The summed E-state index contributed by atoms with van der Waals surface area (Å²) in [5.41, 5.74) is 4.01. The molecule has 3 aromatic carbocycles. The average molecular weight is 556 g/mol. The maximum absolute atomic E-state index is 15.2. The van der Waals surface area contributed by atoms with Crippen molar-refractivity contribution in [3.63, 3.8) is 0 Å². The van der Waals surface area contributed by atoms with Crippen LogP contribution in [0.1, 0.15) is 67.0 Å². The van der Waals surface area contributed by atoms with Gasteiger partial charge in [-0.1, -0.05) is 69.0 Å². The van der Waals surface area contributed by atoms with E-state index >= 15 is 4.39 Å². The molecule has 212 valence electrons. The Hall–Kier alpha value is -3.48. The first-order chi connectivity index (χ1) is 19.3. The van der Waals surface area contributed by atoms with Gasteiger partial charge in [0, 0.05) is 17.3 Å². The number of nitrogens with zero attached hydrogens (tertiary/aromatic N) is 1. The highest BCUT2D eigenvalue weighted by Crippen LogP contribution is 2.27. The van der Waals surface area contributed by atoms with Crippen molar-refractivity contribution in [2.75, 3.05) is 0 Å². The first kappa shape index (κ1) is 29.5. The molecule has 4 rings (SSSR count). The summed E-state index contributed by atoms with van der Waals surface area (Å²) in [6.45, 7) is -1.11. The Labute approximate surface area is 232 Å². The lowest BCUT2D eigenvalue weighted by Gasteiger charge is -2.11. The molecule has 0 amide bonds. The number of alkyl halides is 2. The van der Waals surface area contributed by atoms with Crippen LogP contribution < -0.4 is 4.74 Å². The number of benzene rings is 3. The number of rotatable bonds is 14. The first-order valence-corrected chi connectivity index (χ1v) is 13.9. The summed E-state index contributed by atoms with van der Waals surface area (Å²) in [5.74, 6) is -3.93.